The Labute approximate surface area is 73.6 Å². The van der Waals surface area contributed by atoms with Crippen molar-refractivity contribution < 1.29 is 24.9 Å². The van der Waals surface area contributed by atoms with Crippen molar-refractivity contribution in [3.8, 4) is 0 Å². The standard InChI is InChI=1S/C4H6O5.Sn/c5-2(4(8)9)1-3(6)7;/h2,5H,1H2,(H,6,7)(H,8,9);/q;+2/p-2. The summed E-state index contributed by atoms with van der Waals surface area (Å²) in [6.07, 6.45) is -2.89. The third kappa shape index (κ3) is 5.83. The number of hydrogen-bond donors (Lipinski definition) is 1. The van der Waals surface area contributed by atoms with Gasteiger partial charge in [-0.15, -0.1) is 0 Å². The van der Waals surface area contributed by atoms with Crippen LogP contribution in [0, 0.1) is 0 Å². The van der Waals surface area contributed by atoms with Crippen molar-refractivity contribution in [1.29, 1.82) is 0 Å². The second kappa shape index (κ2) is 5.48. The molecule has 0 amide bonds. The summed E-state index contributed by atoms with van der Waals surface area (Å²) in [7, 11) is 0. The van der Waals surface area contributed by atoms with E-state index in [1.165, 1.54) is 0 Å². The zero-order chi connectivity index (χ0) is 7.44. The molecular weight excluding hydrogens is 247 g/mol. The Morgan fingerprint density at radius 1 is 1.40 bits per heavy atom. The molecule has 10 heavy (non-hydrogen) atoms. The topological polar surface area (TPSA) is 100 Å². The number of carboxylic acid groups (broad SMARTS) is 2. The zero-order valence-corrected chi connectivity index (χ0v) is 7.72. The fraction of sp³-hybridized carbons (Fsp3) is 0.500. The third-order valence-electron chi connectivity index (χ3n) is 0.632. The molecule has 0 aromatic carbocycles. The number of carbonyl (C=O) groups is 2. The van der Waals surface area contributed by atoms with E-state index in [1.807, 2.05) is 0 Å². The van der Waals surface area contributed by atoms with E-state index in [0.717, 1.165) is 0 Å². The Balaban J connectivity index is 0. The fourth-order valence-corrected chi connectivity index (χ4v) is 0.241. The molecule has 54 valence electrons. The number of hydrogen-bond acceptors (Lipinski definition) is 5. The van der Waals surface area contributed by atoms with Crippen molar-refractivity contribution in [2.45, 2.75) is 12.5 Å². The van der Waals surface area contributed by atoms with Crippen molar-refractivity contribution in [3.63, 3.8) is 0 Å². The van der Waals surface area contributed by atoms with Gasteiger partial charge in [0, 0.05) is 12.4 Å². The largest absolute Gasteiger partial charge is 2.00 e. The molecule has 0 aliphatic rings. The molecule has 0 spiro atoms. The second-order valence-corrected chi connectivity index (χ2v) is 1.41. The van der Waals surface area contributed by atoms with Crippen LogP contribution in [0.1, 0.15) is 6.42 Å². The van der Waals surface area contributed by atoms with E-state index in [0.29, 0.717) is 0 Å². The van der Waals surface area contributed by atoms with Gasteiger partial charge in [0.1, 0.15) is 0 Å². The number of aliphatic hydroxyl groups is 1. The summed E-state index contributed by atoms with van der Waals surface area (Å²) in [4.78, 5) is 19.1. The molecule has 5 nitrogen and oxygen atoms in total. The molecule has 0 saturated heterocycles. The number of rotatable bonds is 3. The maximum Gasteiger partial charge on any atom is 2.00 e. The first kappa shape index (κ1) is 12.4. The summed E-state index contributed by atoms with van der Waals surface area (Å²) in [5.74, 6) is -3.43. The predicted octanol–water partition coefficient (Wildman–Crippen LogP) is -4.14. The van der Waals surface area contributed by atoms with Crippen LogP contribution in [0.2, 0.25) is 0 Å². The first-order chi connectivity index (χ1) is 4.04. The SMILES string of the molecule is O=C([O-])CC(O)C(=O)[O-].[Sn+2]. The van der Waals surface area contributed by atoms with Gasteiger partial charge in [0.15, 0.2) is 0 Å². The average molecular weight is 251 g/mol. The van der Waals surface area contributed by atoms with E-state index >= 15 is 0 Å². The van der Waals surface area contributed by atoms with Crippen LogP contribution in [-0.2, 0) is 9.59 Å². The minimum atomic E-state index is -1.96. The van der Waals surface area contributed by atoms with Gasteiger partial charge in [0.05, 0.1) is 12.1 Å². The van der Waals surface area contributed by atoms with Gasteiger partial charge in [0.2, 0.25) is 0 Å². The van der Waals surface area contributed by atoms with Gasteiger partial charge >= 0.3 is 23.9 Å². The van der Waals surface area contributed by atoms with E-state index in [-0.39, 0.29) is 23.9 Å². The van der Waals surface area contributed by atoms with E-state index in [9.17, 15) is 19.8 Å². The minimum Gasteiger partial charge on any atom is -0.550 e. The molecule has 1 unspecified atom stereocenters. The van der Waals surface area contributed by atoms with Crippen molar-refractivity contribution in [1.82, 2.24) is 0 Å². The molecule has 0 aliphatic carbocycles. The Morgan fingerprint density at radius 2 is 1.80 bits per heavy atom. The molecule has 1 atom stereocenters. The van der Waals surface area contributed by atoms with Crippen LogP contribution in [0.5, 0.6) is 0 Å². The molecule has 0 aromatic rings. The molecule has 0 aliphatic heterocycles. The molecule has 1 N–H and O–H groups in total. The summed E-state index contributed by atoms with van der Waals surface area (Å²) in [6.45, 7) is 0. The van der Waals surface area contributed by atoms with Gasteiger partial charge < -0.3 is 24.9 Å². The molecule has 0 rings (SSSR count). The average Bonchev–Trinajstić information content (AvgIpc) is 1.63. The van der Waals surface area contributed by atoms with Crippen LogP contribution < -0.4 is 10.2 Å². The van der Waals surface area contributed by atoms with Crippen LogP contribution >= 0.6 is 0 Å². The minimum absolute atomic E-state index is 0. The normalized spacial score (nSPS) is 11.3. The smallest absolute Gasteiger partial charge is 0.550 e. The van der Waals surface area contributed by atoms with Crippen molar-refractivity contribution in [2.24, 2.45) is 0 Å². The molecular formula is C4H4O5Sn. The van der Waals surface area contributed by atoms with Crippen LogP contribution in [0.3, 0.4) is 0 Å². The third-order valence-corrected chi connectivity index (χ3v) is 0.632. The maximum absolute atomic E-state index is 9.58. The van der Waals surface area contributed by atoms with Crippen LogP contribution in [0.4, 0.5) is 0 Å². The quantitative estimate of drug-likeness (QED) is 0.513. The Hall–Kier alpha value is -0.301. The van der Waals surface area contributed by atoms with Crippen molar-refractivity contribution in [2.75, 3.05) is 0 Å². The maximum atomic E-state index is 9.58. The zero-order valence-electron chi connectivity index (χ0n) is 4.86. The second-order valence-electron chi connectivity index (χ2n) is 1.41. The molecule has 0 fully saturated rings. The summed E-state index contributed by atoms with van der Waals surface area (Å²) in [5.41, 5.74) is 0. The van der Waals surface area contributed by atoms with Crippen LogP contribution in [0.25, 0.3) is 0 Å². The predicted molar refractivity (Wildman–Crippen MR) is 26.4 cm³/mol. The molecule has 6 heteroatoms. The van der Waals surface area contributed by atoms with Crippen LogP contribution in [-0.4, -0.2) is 47.1 Å². The van der Waals surface area contributed by atoms with Gasteiger partial charge in [-0.25, -0.2) is 0 Å². The number of carboxylic acids is 2. The number of aliphatic carboxylic acids is 2. The Bertz CT molecular complexity index is 134. The van der Waals surface area contributed by atoms with Crippen LogP contribution in [0.15, 0.2) is 0 Å². The van der Waals surface area contributed by atoms with E-state index in [1.54, 1.807) is 0 Å². The molecule has 0 saturated carbocycles. The van der Waals surface area contributed by atoms with Gasteiger partial charge in [-0.1, -0.05) is 0 Å². The van der Waals surface area contributed by atoms with E-state index in [2.05, 4.69) is 0 Å². The Morgan fingerprint density at radius 3 is 1.90 bits per heavy atom. The van der Waals surface area contributed by atoms with Gasteiger partial charge in [-0.2, -0.15) is 0 Å². The molecule has 2 radical (unpaired) electrons. The summed E-state index contributed by atoms with van der Waals surface area (Å²) in [6, 6.07) is 0. The molecule has 0 bridgehead atoms. The monoisotopic (exact) mass is 252 g/mol. The first-order valence-corrected chi connectivity index (χ1v) is 2.13. The van der Waals surface area contributed by atoms with E-state index < -0.39 is 24.5 Å². The fourth-order valence-electron chi connectivity index (χ4n) is 0.241. The number of aliphatic hydroxyl groups excluding tert-OH is 1. The summed E-state index contributed by atoms with van der Waals surface area (Å²) < 4.78 is 0. The number of carbonyl (C=O) groups excluding carboxylic acids is 2. The summed E-state index contributed by atoms with van der Waals surface area (Å²) in [5, 5.41) is 27.3. The van der Waals surface area contributed by atoms with Gasteiger partial charge in [0.25, 0.3) is 0 Å². The van der Waals surface area contributed by atoms with E-state index in [4.69, 9.17) is 5.11 Å². The van der Waals surface area contributed by atoms with Crippen molar-refractivity contribution in [3.05, 3.63) is 0 Å². The molecule has 0 aromatic heterocycles. The van der Waals surface area contributed by atoms with Gasteiger partial charge in [-0.3, -0.25) is 0 Å². The van der Waals surface area contributed by atoms with Gasteiger partial charge in [-0.05, 0) is 0 Å². The first-order valence-electron chi connectivity index (χ1n) is 2.13. The summed E-state index contributed by atoms with van der Waals surface area (Å²) >= 11 is 0. The Kier molecular flexibility index (Phi) is 6.79. The molecule has 0 heterocycles. The van der Waals surface area contributed by atoms with Crippen molar-refractivity contribution >= 4 is 35.8 Å².